The Hall–Kier alpha value is -1.20. The summed E-state index contributed by atoms with van der Waals surface area (Å²) >= 11 is 6.36. The van der Waals surface area contributed by atoms with Crippen LogP contribution in [0.2, 0.25) is 0 Å². The van der Waals surface area contributed by atoms with E-state index >= 15 is 0 Å². The van der Waals surface area contributed by atoms with Crippen molar-refractivity contribution in [3.8, 4) is 0 Å². The number of carbonyl (C=O) groups excluding carboxylic acids is 1. The summed E-state index contributed by atoms with van der Waals surface area (Å²) in [4.78, 5) is 11.3. The van der Waals surface area contributed by atoms with Crippen LogP contribution in [-0.4, -0.2) is 27.2 Å². The van der Waals surface area contributed by atoms with Gasteiger partial charge in [0.15, 0.2) is 4.32 Å². The maximum absolute atomic E-state index is 11.3. The molecule has 1 saturated heterocycles. The Morgan fingerprint density at radius 3 is 2.81 bits per heavy atom. The van der Waals surface area contributed by atoms with Gasteiger partial charge in [-0.25, -0.2) is 0 Å². The van der Waals surface area contributed by atoms with Gasteiger partial charge >= 0.3 is 0 Å². The van der Waals surface area contributed by atoms with Crippen molar-refractivity contribution in [1.82, 2.24) is 5.01 Å². The van der Waals surface area contributed by atoms with Crippen molar-refractivity contribution >= 4 is 40.4 Å². The molecule has 82 valence electrons. The average molecular weight is 250 g/mol. The first kappa shape index (κ1) is 11.3. The van der Waals surface area contributed by atoms with Gasteiger partial charge in [0, 0.05) is 12.6 Å². The maximum atomic E-state index is 11.3. The summed E-state index contributed by atoms with van der Waals surface area (Å²) in [7, 11) is 0. The number of benzene rings is 1. The smallest absolute Gasteiger partial charge is 0.259 e. The number of amides is 1. The van der Waals surface area contributed by atoms with Crippen LogP contribution in [0.4, 0.5) is 0 Å². The second-order valence-electron chi connectivity index (χ2n) is 3.25. The van der Waals surface area contributed by atoms with E-state index in [1.54, 1.807) is 6.21 Å². The van der Waals surface area contributed by atoms with Crippen molar-refractivity contribution in [3.05, 3.63) is 35.9 Å². The zero-order valence-corrected chi connectivity index (χ0v) is 10.1. The van der Waals surface area contributed by atoms with Gasteiger partial charge in [-0.05, 0) is 5.56 Å². The Bertz CT molecular complexity index is 415. The van der Waals surface area contributed by atoms with E-state index in [0.29, 0.717) is 16.5 Å². The second-order valence-corrected chi connectivity index (χ2v) is 4.86. The maximum Gasteiger partial charge on any atom is 0.259 e. The molecule has 0 unspecified atom stereocenters. The molecule has 0 aliphatic carbocycles. The lowest BCUT2D eigenvalue weighted by molar-refractivity contribution is -0.124. The summed E-state index contributed by atoms with van der Waals surface area (Å²) in [6.07, 6.45) is 2.42. The van der Waals surface area contributed by atoms with Crippen molar-refractivity contribution in [2.24, 2.45) is 5.10 Å². The van der Waals surface area contributed by atoms with Crippen LogP contribution in [0.25, 0.3) is 0 Å². The second kappa shape index (κ2) is 5.23. The lowest BCUT2D eigenvalue weighted by atomic mass is 10.2. The minimum absolute atomic E-state index is 0.0423. The Balaban J connectivity index is 1.95. The topological polar surface area (TPSA) is 32.7 Å². The summed E-state index contributed by atoms with van der Waals surface area (Å²) in [5.41, 5.74) is 1.16. The highest BCUT2D eigenvalue weighted by Crippen LogP contribution is 2.19. The van der Waals surface area contributed by atoms with Crippen molar-refractivity contribution < 1.29 is 4.79 Å². The number of hydrazone groups is 1. The predicted octanol–water partition coefficient (Wildman–Crippen LogP) is 2.08. The molecule has 0 N–H and O–H groups in total. The molecule has 2 rings (SSSR count). The molecule has 0 spiro atoms. The van der Waals surface area contributed by atoms with Crippen LogP contribution >= 0.6 is 24.0 Å². The number of hydrogen-bond acceptors (Lipinski definition) is 4. The molecule has 0 bridgehead atoms. The number of rotatable bonds is 3. The monoisotopic (exact) mass is 250 g/mol. The third kappa shape index (κ3) is 2.68. The molecule has 1 fully saturated rings. The van der Waals surface area contributed by atoms with Crippen molar-refractivity contribution in [2.75, 3.05) is 5.75 Å². The van der Waals surface area contributed by atoms with Gasteiger partial charge in [-0.15, -0.1) is 0 Å². The highest BCUT2D eigenvalue weighted by molar-refractivity contribution is 8.23. The van der Waals surface area contributed by atoms with E-state index in [1.807, 2.05) is 30.3 Å². The summed E-state index contributed by atoms with van der Waals surface area (Å²) in [5.74, 6) is 0.362. The number of carbonyl (C=O) groups is 1. The fourth-order valence-electron chi connectivity index (χ4n) is 1.30. The number of hydrogen-bond donors (Lipinski definition) is 0. The zero-order chi connectivity index (χ0) is 11.4. The van der Waals surface area contributed by atoms with Crippen LogP contribution in [-0.2, 0) is 11.2 Å². The molecule has 0 atom stereocenters. The Labute approximate surface area is 104 Å². The fourth-order valence-corrected chi connectivity index (χ4v) is 2.27. The van der Waals surface area contributed by atoms with Crippen LogP contribution < -0.4 is 0 Å². The summed E-state index contributed by atoms with van der Waals surface area (Å²) in [6.45, 7) is 0. The van der Waals surface area contributed by atoms with E-state index in [1.165, 1.54) is 16.8 Å². The lowest BCUT2D eigenvalue weighted by Crippen LogP contribution is -2.22. The Morgan fingerprint density at radius 2 is 2.19 bits per heavy atom. The normalized spacial score (nSPS) is 16.4. The molecule has 1 aliphatic heterocycles. The zero-order valence-electron chi connectivity index (χ0n) is 8.50. The van der Waals surface area contributed by atoms with Gasteiger partial charge in [0.1, 0.15) is 0 Å². The predicted molar refractivity (Wildman–Crippen MR) is 70.5 cm³/mol. The summed E-state index contributed by atoms with van der Waals surface area (Å²) in [5, 5.41) is 5.37. The Morgan fingerprint density at radius 1 is 1.44 bits per heavy atom. The van der Waals surface area contributed by atoms with Gasteiger partial charge in [0.2, 0.25) is 0 Å². The quantitative estimate of drug-likeness (QED) is 0.608. The van der Waals surface area contributed by atoms with Gasteiger partial charge in [-0.3, -0.25) is 4.79 Å². The number of nitrogens with zero attached hydrogens (tertiary/aromatic N) is 2. The third-order valence-corrected chi connectivity index (χ3v) is 3.43. The molecule has 3 nitrogen and oxygen atoms in total. The van der Waals surface area contributed by atoms with Crippen molar-refractivity contribution in [3.63, 3.8) is 0 Å². The minimum Gasteiger partial charge on any atom is -0.272 e. The largest absolute Gasteiger partial charge is 0.272 e. The van der Waals surface area contributed by atoms with Crippen LogP contribution in [0.5, 0.6) is 0 Å². The van der Waals surface area contributed by atoms with Crippen LogP contribution in [0.1, 0.15) is 5.56 Å². The first-order valence-corrected chi connectivity index (χ1v) is 6.23. The van der Waals surface area contributed by atoms with Gasteiger partial charge in [-0.1, -0.05) is 54.3 Å². The lowest BCUT2D eigenvalue weighted by Gasteiger charge is -2.06. The SMILES string of the molecule is O=C1CSC(=S)N1N=CCc1ccccc1. The molecular formula is C11H10N2OS2. The fraction of sp³-hybridized carbons (Fsp3) is 0.182. The molecule has 1 aliphatic rings. The molecule has 0 radical (unpaired) electrons. The molecule has 1 amide bonds. The highest BCUT2D eigenvalue weighted by Gasteiger charge is 2.25. The average Bonchev–Trinajstić information content (AvgIpc) is 2.62. The molecule has 0 aromatic heterocycles. The summed E-state index contributed by atoms with van der Waals surface area (Å²) < 4.78 is 0.536. The highest BCUT2D eigenvalue weighted by atomic mass is 32.2. The van der Waals surface area contributed by atoms with E-state index in [9.17, 15) is 4.79 Å². The van der Waals surface area contributed by atoms with E-state index in [4.69, 9.17) is 12.2 Å². The number of thiocarbonyl (C=S) groups is 1. The first-order chi connectivity index (χ1) is 7.77. The molecule has 5 heteroatoms. The van der Waals surface area contributed by atoms with Gasteiger partial charge in [0.05, 0.1) is 5.75 Å². The van der Waals surface area contributed by atoms with Crippen LogP contribution in [0, 0.1) is 0 Å². The molecule has 1 aromatic rings. The van der Waals surface area contributed by atoms with Crippen LogP contribution in [0.3, 0.4) is 0 Å². The van der Waals surface area contributed by atoms with Crippen LogP contribution in [0.15, 0.2) is 35.4 Å². The first-order valence-electron chi connectivity index (χ1n) is 4.83. The molecular weight excluding hydrogens is 240 g/mol. The van der Waals surface area contributed by atoms with E-state index < -0.39 is 0 Å². The van der Waals surface area contributed by atoms with Crippen molar-refractivity contribution in [2.45, 2.75) is 6.42 Å². The van der Waals surface area contributed by atoms with Gasteiger partial charge in [0.25, 0.3) is 5.91 Å². The van der Waals surface area contributed by atoms with E-state index in [0.717, 1.165) is 5.56 Å². The summed E-state index contributed by atoms with van der Waals surface area (Å²) in [6, 6.07) is 9.96. The third-order valence-electron chi connectivity index (χ3n) is 2.10. The molecule has 16 heavy (non-hydrogen) atoms. The standard InChI is InChI=1S/C11H10N2OS2/c14-10-8-16-11(15)13(10)12-7-6-9-4-2-1-3-5-9/h1-5,7H,6,8H2. The van der Waals surface area contributed by atoms with Gasteiger partial charge in [-0.2, -0.15) is 10.1 Å². The molecule has 1 heterocycles. The van der Waals surface area contributed by atoms with E-state index in [-0.39, 0.29) is 5.91 Å². The van der Waals surface area contributed by atoms with E-state index in [2.05, 4.69) is 5.10 Å². The van der Waals surface area contributed by atoms with Gasteiger partial charge < -0.3 is 0 Å². The minimum atomic E-state index is -0.0423. The molecule has 1 aromatic carbocycles. The van der Waals surface area contributed by atoms with Crippen molar-refractivity contribution in [1.29, 1.82) is 0 Å². The number of thioether (sulfide) groups is 1. The Kier molecular flexibility index (Phi) is 3.69. The molecule has 0 saturated carbocycles.